The molecule has 24 heavy (non-hydrogen) atoms. The smallest absolute Gasteiger partial charge is 0.220 e. The Hall–Kier alpha value is -2.14. The maximum atomic E-state index is 11.9. The number of carbonyl (C=O) groups excluding carboxylic acids is 2. The molecule has 1 aromatic heterocycles. The summed E-state index contributed by atoms with van der Waals surface area (Å²) in [6.07, 6.45) is 2.10. The number of ether oxygens (including phenoxy) is 1. The zero-order valence-electron chi connectivity index (χ0n) is 14.1. The Morgan fingerprint density at radius 2 is 2.04 bits per heavy atom. The van der Waals surface area contributed by atoms with Gasteiger partial charge in [-0.15, -0.1) is 11.3 Å². The molecule has 0 saturated heterocycles. The third-order valence-electron chi connectivity index (χ3n) is 3.76. The second-order valence-electron chi connectivity index (χ2n) is 5.67. The summed E-state index contributed by atoms with van der Waals surface area (Å²) >= 11 is 1.44. The predicted octanol–water partition coefficient (Wildman–Crippen LogP) is 3.78. The molecule has 2 rings (SSSR count). The number of hydrogen-bond acceptors (Lipinski definition) is 4. The highest BCUT2D eigenvalue weighted by Gasteiger charge is 2.09. The molecule has 0 aliphatic heterocycles. The molecule has 0 radical (unpaired) electrons. The SMILES string of the molecule is COc1ccc(C)cc1CCNC(=O)CCCC(=O)c1cccs1. The van der Waals surface area contributed by atoms with Gasteiger partial charge in [0.15, 0.2) is 5.78 Å². The Bertz CT molecular complexity index is 680. The molecule has 4 nitrogen and oxygen atoms in total. The Labute approximate surface area is 146 Å². The van der Waals surface area contributed by atoms with Crippen LogP contribution in [0.5, 0.6) is 5.75 Å². The lowest BCUT2D eigenvalue weighted by Crippen LogP contribution is -2.25. The molecule has 2 aromatic rings. The Morgan fingerprint density at radius 1 is 1.21 bits per heavy atom. The standard InChI is InChI=1S/C19H23NO3S/c1-14-8-9-17(23-2)15(13-14)10-11-20-19(22)7-3-5-16(21)18-6-4-12-24-18/h4,6,8-9,12-13H,3,5,7,10-11H2,1-2H3,(H,20,22). The van der Waals surface area contributed by atoms with Crippen LogP contribution in [-0.4, -0.2) is 25.3 Å². The van der Waals surface area contributed by atoms with Crippen LogP contribution < -0.4 is 10.1 Å². The maximum Gasteiger partial charge on any atom is 0.220 e. The number of nitrogens with one attached hydrogen (secondary N) is 1. The minimum Gasteiger partial charge on any atom is -0.496 e. The Morgan fingerprint density at radius 3 is 2.75 bits per heavy atom. The van der Waals surface area contributed by atoms with Crippen molar-refractivity contribution in [2.24, 2.45) is 0 Å². The first-order chi connectivity index (χ1) is 11.6. The minimum absolute atomic E-state index is 0.0133. The van der Waals surface area contributed by atoms with Gasteiger partial charge >= 0.3 is 0 Å². The van der Waals surface area contributed by atoms with Crippen LogP contribution in [0.1, 0.15) is 40.1 Å². The van der Waals surface area contributed by atoms with Crippen LogP contribution >= 0.6 is 11.3 Å². The van der Waals surface area contributed by atoms with E-state index in [-0.39, 0.29) is 11.7 Å². The zero-order valence-corrected chi connectivity index (χ0v) is 14.9. The van der Waals surface area contributed by atoms with Gasteiger partial charge in [-0.2, -0.15) is 0 Å². The van der Waals surface area contributed by atoms with Gasteiger partial charge in [-0.05, 0) is 42.8 Å². The molecular weight excluding hydrogens is 322 g/mol. The van der Waals surface area contributed by atoms with Crippen molar-refractivity contribution in [2.75, 3.05) is 13.7 Å². The van der Waals surface area contributed by atoms with Crippen LogP contribution in [0, 0.1) is 6.92 Å². The number of hydrogen-bond donors (Lipinski definition) is 1. The highest BCUT2D eigenvalue weighted by Crippen LogP contribution is 2.19. The Balaban J connectivity index is 1.68. The summed E-state index contributed by atoms with van der Waals surface area (Å²) in [6, 6.07) is 9.71. The van der Waals surface area contributed by atoms with Crippen molar-refractivity contribution in [1.82, 2.24) is 5.32 Å². The largest absolute Gasteiger partial charge is 0.496 e. The van der Waals surface area contributed by atoms with Gasteiger partial charge in [0.25, 0.3) is 0 Å². The number of amides is 1. The molecule has 1 aromatic carbocycles. The summed E-state index contributed by atoms with van der Waals surface area (Å²) in [4.78, 5) is 24.5. The number of rotatable bonds is 9. The number of carbonyl (C=O) groups is 2. The average molecular weight is 345 g/mol. The lowest BCUT2D eigenvalue weighted by molar-refractivity contribution is -0.121. The molecular formula is C19H23NO3S. The van der Waals surface area contributed by atoms with Crippen LogP contribution in [0.25, 0.3) is 0 Å². The van der Waals surface area contributed by atoms with E-state index >= 15 is 0 Å². The Kier molecular flexibility index (Phi) is 7.00. The highest BCUT2D eigenvalue weighted by molar-refractivity contribution is 7.12. The van der Waals surface area contributed by atoms with Crippen molar-refractivity contribution in [3.05, 3.63) is 51.7 Å². The van der Waals surface area contributed by atoms with Crippen LogP contribution in [-0.2, 0) is 11.2 Å². The molecule has 0 fully saturated rings. The molecule has 0 aliphatic carbocycles. The van der Waals surface area contributed by atoms with Crippen LogP contribution in [0.4, 0.5) is 0 Å². The number of thiophene rings is 1. The summed E-state index contributed by atoms with van der Waals surface area (Å²) in [5.74, 6) is 0.944. The first kappa shape index (κ1) is 18.2. The van der Waals surface area contributed by atoms with E-state index in [2.05, 4.69) is 11.4 Å². The molecule has 0 saturated carbocycles. The van der Waals surface area contributed by atoms with Crippen LogP contribution in [0.2, 0.25) is 0 Å². The van der Waals surface area contributed by atoms with E-state index in [0.717, 1.165) is 22.6 Å². The first-order valence-corrected chi connectivity index (χ1v) is 8.95. The topological polar surface area (TPSA) is 55.4 Å². The van der Waals surface area contributed by atoms with E-state index in [1.807, 2.05) is 36.6 Å². The van der Waals surface area contributed by atoms with Gasteiger partial charge in [0.2, 0.25) is 5.91 Å². The van der Waals surface area contributed by atoms with E-state index in [1.54, 1.807) is 7.11 Å². The van der Waals surface area contributed by atoms with Crippen molar-refractivity contribution in [2.45, 2.75) is 32.6 Å². The van der Waals surface area contributed by atoms with Gasteiger partial charge < -0.3 is 10.1 Å². The monoisotopic (exact) mass is 345 g/mol. The van der Waals surface area contributed by atoms with Gasteiger partial charge in [-0.3, -0.25) is 9.59 Å². The molecule has 0 unspecified atom stereocenters. The lowest BCUT2D eigenvalue weighted by atomic mass is 10.1. The van der Waals surface area contributed by atoms with Gasteiger partial charge in [-0.1, -0.05) is 23.8 Å². The highest BCUT2D eigenvalue weighted by atomic mass is 32.1. The average Bonchev–Trinajstić information content (AvgIpc) is 3.09. The second kappa shape index (κ2) is 9.23. The first-order valence-electron chi connectivity index (χ1n) is 8.07. The summed E-state index contributed by atoms with van der Waals surface area (Å²) in [7, 11) is 1.65. The number of Topliss-reactive ketones (excluding diaryl/α,β-unsaturated/α-hetero) is 1. The number of methoxy groups -OCH3 is 1. The minimum atomic E-state index is -0.0133. The third-order valence-corrected chi connectivity index (χ3v) is 4.67. The van der Waals surface area contributed by atoms with Crippen LogP contribution in [0.3, 0.4) is 0 Å². The zero-order chi connectivity index (χ0) is 17.4. The molecule has 0 bridgehead atoms. The van der Waals surface area contributed by atoms with Crippen molar-refractivity contribution in [3.8, 4) is 5.75 Å². The molecule has 128 valence electrons. The molecule has 0 aliphatic rings. The third kappa shape index (κ3) is 5.49. The molecule has 1 amide bonds. The quantitative estimate of drug-likeness (QED) is 0.704. The fraction of sp³-hybridized carbons (Fsp3) is 0.368. The fourth-order valence-corrected chi connectivity index (χ4v) is 3.19. The van der Waals surface area contributed by atoms with Crippen molar-refractivity contribution >= 4 is 23.0 Å². The maximum absolute atomic E-state index is 11.9. The van der Waals surface area contributed by atoms with E-state index in [0.29, 0.717) is 25.8 Å². The van der Waals surface area contributed by atoms with E-state index < -0.39 is 0 Å². The summed E-state index contributed by atoms with van der Waals surface area (Å²) in [5.41, 5.74) is 2.26. The molecule has 1 heterocycles. The predicted molar refractivity (Wildman–Crippen MR) is 96.9 cm³/mol. The van der Waals surface area contributed by atoms with Crippen LogP contribution in [0.15, 0.2) is 35.7 Å². The molecule has 0 spiro atoms. The molecule has 1 N–H and O–H groups in total. The summed E-state index contributed by atoms with van der Waals surface area (Å²) in [6.45, 7) is 2.60. The van der Waals surface area contributed by atoms with E-state index in [9.17, 15) is 9.59 Å². The van der Waals surface area contributed by atoms with E-state index in [1.165, 1.54) is 16.9 Å². The summed E-state index contributed by atoms with van der Waals surface area (Å²) < 4.78 is 5.34. The summed E-state index contributed by atoms with van der Waals surface area (Å²) in [5, 5.41) is 4.80. The number of aryl methyl sites for hydroxylation is 1. The fourth-order valence-electron chi connectivity index (χ4n) is 2.50. The van der Waals surface area contributed by atoms with Gasteiger partial charge in [0.05, 0.1) is 12.0 Å². The second-order valence-corrected chi connectivity index (χ2v) is 6.62. The number of ketones is 1. The van der Waals surface area contributed by atoms with Gasteiger partial charge in [-0.25, -0.2) is 0 Å². The lowest BCUT2D eigenvalue weighted by Gasteiger charge is -2.10. The normalized spacial score (nSPS) is 10.4. The van der Waals surface area contributed by atoms with Crippen molar-refractivity contribution in [1.29, 1.82) is 0 Å². The molecule has 0 atom stereocenters. The number of benzene rings is 1. The molecule has 5 heteroatoms. The van der Waals surface area contributed by atoms with Gasteiger partial charge in [0.1, 0.15) is 5.75 Å². The van der Waals surface area contributed by atoms with Crippen molar-refractivity contribution < 1.29 is 14.3 Å². The van der Waals surface area contributed by atoms with Gasteiger partial charge in [0, 0.05) is 19.4 Å². The van der Waals surface area contributed by atoms with Crippen molar-refractivity contribution in [3.63, 3.8) is 0 Å². The van der Waals surface area contributed by atoms with E-state index in [4.69, 9.17) is 4.74 Å².